The summed E-state index contributed by atoms with van der Waals surface area (Å²) in [5.41, 5.74) is 1.89. The van der Waals surface area contributed by atoms with Gasteiger partial charge in [0, 0.05) is 17.7 Å². The number of carbonyl (C=O) groups is 1. The van der Waals surface area contributed by atoms with Crippen LogP contribution in [0.5, 0.6) is 0 Å². The average Bonchev–Trinajstić information content (AvgIpc) is 3.12. The Balaban J connectivity index is 1.72. The highest BCUT2D eigenvalue weighted by atomic mass is 16.6. The maximum atomic E-state index is 12.2. The Hall–Kier alpha value is -3.55. The van der Waals surface area contributed by atoms with Crippen molar-refractivity contribution >= 4 is 11.7 Å². The number of nitro groups is 1. The minimum absolute atomic E-state index is 0.0334. The van der Waals surface area contributed by atoms with E-state index in [1.165, 1.54) is 24.3 Å². The van der Waals surface area contributed by atoms with Gasteiger partial charge in [0.15, 0.2) is 6.10 Å². The van der Waals surface area contributed by atoms with Crippen LogP contribution in [0.2, 0.25) is 0 Å². The molecule has 3 aromatic rings. The van der Waals surface area contributed by atoms with Gasteiger partial charge in [-0.25, -0.2) is 4.79 Å². The summed E-state index contributed by atoms with van der Waals surface area (Å²) in [5.74, 6) is -0.163. The zero-order valence-electron chi connectivity index (χ0n) is 14.1. The van der Waals surface area contributed by atoms with Gasteiger partial charge in [0.05, 0.1) is 10.5 Å². The lowest BCUT2D eigenvalue weighted by Crippen LogP contribution is -2.09. The first-order chi connectivity index (χ1) is 12.4. The third-order valence-electron chi connectivity index (χ3n) is 3.65. The van der Waals surface area contributed by atoms with Crippen molar-refractivity contribution in [2.45, 2.75) is 20.0 Å². The van der Waals surface area contributed by atoms with E-state index in [0.717, 1.165) is 5.56 Å². The van der Waals surface area contributed by atoms with Gasteiger partial charge in [-0.05, 0) is 38.1 Å². The second kappa shape index (κ2) is 7.14. The van der Waals surface area contributed by atoms with Crippen LogP contribution < -0.4 is 0 Å². The molecule has 0 spiro atoms. The van der Waals surface area contributed by atoms with Crippen molar-refractivity contribution in [1.82, 2.24) is 10.2 Å². The van der Waals surface area contributed by atoms with E-state index in [1.54, 1.807) is 25.1 Å². The minimum Gasteiger partial charge on any atom is -0.449 e. The highest BCUT2D eigenvalue weighted by Crippen LogP contribution is 2.24. The maximum Gasteiger partial charge on any atom is 0.338 e. The van der Waals surface area contributed by atoms with Gasteiger partial charge < -0.3 is 9.15 Å². The Morgan fingerprint density at radius 1 is 1.19 bits per heavy atom. The molecule has 1 aromatic heterocycles. The molecule has 1 heterocycles. The van der Waals surface area contributed by atoms with Gasteiger partial charge in [0.25, 0.3) is 11.6 Å². The lowest BCUT2D eigenvalue weighted by molar-refractivity contribution is -0.384. The number of hydrogen-bond donors (Lipinski definition) is 0. The van der Waals surface area contributed by atoms with Gasteiger partial charge >= 0.3 is 5.97 Å². The summed E-state index contributed by atoms with van der Waals surface area (Å²) in [7, 11) is 0. The molecule has 0 aliphatic carbocycles. The van der Waals surface area contributed by atoms with Gasteiger partial charge in [-0.15, -0.1) is 10.2 Å². The van der Waals surface area contributed by atoms with Crippen molar-refractivity contribution in [3.05, 3.63) is 75.7 Å². The fourth-order valence-electron chi connectivity index (χ4n) is 2.29. The highest BCUT2D eigenvalue weighted by molar-refractivity contribution is 5.89. The van der Waals surface area contributed by atoms with Crippen LogP contribution in [0.1, 0.15) is 34.8 Å². The van der Waals surface area contributed by atoms with E-state index in [2.05, 4.69) is 10.2 Å². The minimum atomic E-state index is -0.734. The van der Waals surface area contributed by atoms with E-state index in [0.29, 0.717) is 11.1 Å². The van der Waals surface area contributed by atoms with E-state index in [1.807, 2.05) is 13.0 Å². The van der Waals surface area contributed by atoms with Gasteiger partial charge in [0.1, 0.15) is 0 Å². The molecule has 0 fully saturated rings. The summed E-state index contributed by atoms with van der Waals surface area (Å²) in [4.78, 5) is 22.4. The summed E-state index contributed by atoms with van der Waals surface area (Å²) in [6.07, 6.45) is -0.734. The van der Waals surface area contributed by atoms with Crippen LogP contribution in [-0.4, -0.2) is 21.1 Å². The third-order valence-corrected chi connectivity index (χ3v) is 3.65. The quantitative estimate of drug-likeness (QED) is 0.389. The summed E-state index contributed by atoms with van der Waals surface area (Å²) < 4.78 is 10.9. The van der Waals surface area contributed by atoms with Crippen molar-refractivity contribution in [3.8, 4) is 11.5 Å². The van der Waals surface area contributed by atoms with Gasteiger partial charge in [-0.1, -0.05) is 17.7 Å². The lowest BCUT2D eigenvalue weighted by atomic mass is 10.1. The molecule has 0 amide bonds. The molecule has 3 rings (SSSR count). The molecule has 0 aliphatic heterocycles. The summed E-state index contributed by atoms with van der Waals surface area (Å²) in [6.45, 7) is 3.51. The molecule has 0 radical (unpaired) electrons. The number of aryl methyl sites for hydroxylation is 1. The Morgan fingerprint density at radius 2 is 1.92 bits per heavy atom. The molecule has 8 heteroatoms. The van der Waals surface area contributed by atoms with Crippen LogP contribution in [0.4, 0.5) is 5.69 Å². The van der Waals surface area contributed by atoms with Crippen molar-refractivity contribution in [1.29, 1.82) is 0 Å². The largest absolute Gasteiger partial charge is 0.449 e. The summed E-state index contributed by atoms with van der Waals surface area (Å²) in [6, 6.07) is 12.8. The van der Waals surface area contributed by atoms with E-state index in [4.69, 9.17) is 9.15 Å². The lowest BCUT2D eigenvalue weighted by Gasteiger charge is -2.09. The molecule has 2 aromatic carbocycles. The topological polar surface area (TPSA) is 108 Å². The molecule has 1 atom stereocenters. The van der Waals surface area contributed by atoms with Gasteiger partial charge in [-0.3, -0.25) is 10.1 Å². The van der Waals surface area contributed by atoms with E-state index >= 15 is 0 Å². The van der Waals surface area contributed by atoms with Crippen molar-refractivity contribution < 1.29 is 18.9 Å². The second-order valence-corrected chi connectivity index (χ2v) is 5.67. The van der Waals surface area contributed by atoms with Gasteiger partial charge in [-0.2, -0.15) is 0 Å². The number of esters is 1. The van der Waals surface area contributed by atoms with Crippen LogP contribution in [-0.2, 0) is 4.74 Å². The molecular formula is C18H15N3O5. The number of rotatable bonds is 5. The number of non-ortho nitro benzene ring substituents is 1. The van der Waals surface area contributed by atoms with Crippen molar-refractivity contribution in [2.24, 2.45) is 0 Å². The van der Waals surface area contributed by atoms with Gasteiger partial charge in [0.2, 0.25) is 5.89 Å². The predicted octanol–water partition coefficient (Wildman–Crippen LogP) is 3.87. The SMILES string of the molecule is Cc1cccc(C(=O)O[C@H](C)c2nnc(-c3ccc([N+](=O)[O-])cc3)o2)c1. The third kappa shape index (κ3) is 3.75. The standard InChI is InChI=1S/C18H15N3O5/c1-11-4-3-5-14(10-11)18(22)25-12(2)16-19-20-17(26-16)13-6-8-15(9-7-13)21(23)24/h3-10,12H,1-2H3/t12-/m1/s1. The number of carbonyl (C=O) groups excluding carboxylic acids is 1. The molecular weight excluding hydrogens is 338 g/mol. The Bertz CT molecular complexity index is 949. The first kappa shape index (κ1) is 17.3. The maximum absolute atomic E-state index is 12.2. The normalized spacial score (nSPS) is 11.8. The average molecular weight is 353 g/mol. The second-order valence-electron chi connectivity index (χ2n) is 5.67. The molecule has 0 aliphatic rings. The summed E-state index contributed by atoms with van der Waals surface area (Å²) in [5, 5.41) is 18.5. The fraction of sp³-hybridized carbons (Fsp3) is 0.167. The number of nitrogens with zero attached hydrogens (tertiary/aromatic N) is 3. The van der Waals surface area contributed by atoms with Crippen LogP contribution in [0.25, 0.3) is 11.5 Å². The monoisotopic (exact) mass is 353 g/mol. The Kier molecular flexibility index (Phi) is 4.74. The number of benzene rings is 2. The molecule has 132 valence electrons. The highest BCUT2D eigenvalue weighted by Gasteiger charge is 2.20. The number of nitro benzene ring substituents is 1. The Labute approximate surface area is 148 Å². The van der Waals surface area contributed by atoms with Crippen LogP contribution in [0, 0.1) is 17.0 Å². The van der Waals surface area contributed by atoms with Crippen LogP contribution >= 0.6 is 0 Å². The van der Waals surface area contributed by atoms with E-state index in [-0.39, 0.29) is 17.5 Å². The number of hydrogen-bond acceptors (Lipinski definition) is 7. The van der Waals surface area contributed by atoms with Crippen LogP contribution in [0.3, 0.4) is 0 Å². The molecule has 0 unspecified atom stereocenters. The Morgan fingerprint density at radius 3 is 2.58 bits per heavy atom. The van der Waals surface area contributed by atoms with Crippen molar-refractivity contribution in [2.75, 3.05) is 0 Å². The molecule has 26 heavy (non-hydrogen) atoms. The molecule has 0 saturated carbocycles. The zero-order chi connectivity index (χ0) is 18.7. The first-order valence-electron chi connectivity index (χ1n) is 7.80. The zero-order valence-corrected chi connectivity index (χ0v) is 14.1. The molecule has 0 saturated heterocycles. The smallest absolute Gasteiger partial charge is 0.338 e. The molecule has 0 bridgehead atoms. The number of aromatic nitrogens is 2. The molecule has 8 nitrogen and oxygen atoms in total. The van der Waals surface area contributed by atoms with Crippen molar-refractivity contribution in [3.63, 3.8) is 0 Å². The first-order valence-corrected chi connectivity index (χ1v) is 7.80. The summed E-state index contributed by atoms with van der Waals surface area (Å²) >= 11 is 0. The number of ether oxygens (including phenoxy) is 1. The van der Waals surface area contributed by atoms with Crippen LogP contribution in [0.15, 0.2) is 52.9 Å². The molecule has 0 N–H and O–H groups in total. The van der Waals surface area contributed by atoms with E-state index < -0.39 is 17.0 Å². The predicted molar refractivity (Wildman–Crippen MR) is 91.4 cm³/mol. The van der Waals surface area contributed by atoms with E-state index in [9.17, 15) is 14.9 Å². The fourth-order valence-corrected chi connectivity index (χ4v) is 2.29.